The van der Waals surface area contributed by atoms with Crippen molar-refractivity contribution in [1.29, 1.82) is 0 Å². The number of hydrogen-bond acceptors (Lipinski definition) is 5. The van der Waals surface area contributed by atoms with Gasteiger partial charge in [-0.3, -0.25) is 4.79 Å². The van der Waals surface area contributed by atoms with Crippen molar-refractivity contribution in [3.05, 3.63) is 29.6 Å². The Morgan fingerprint density at radius 3 is 2.40 bits per heavy atom. The van der Waals surface area contributed by atoms with E-state index in [2.05, 4.69) is 4.74 Å². The topological polar surface area (TPSA) is 102 Å². The molecule has 0 aliphatic carbocycles. The van der Waals surface area contributed by atoms with Crippen LogP contribution in [0.25, 0.3) is 0 Å². The lowest BCUT2D eigenvalue weighted by atomic mass is 10.2. The monoisotopic (exact) mass is 386 g/mol. The molecule has 1 unspecified atom stereocenters. The Morgan fingerprint density at radius 2 is 1.88 bits per heavy atom. The van der Waals surface area contributed by atoms with E-state index in [-0.39, 0.29) is 0 Å². The molecule has 1 aromatic rings. The number of esters is 1. The summed E-state index contributed by atoms with van der Waals surface area (Å²) in [6.07, 6.45) is -6.31. The van der Waals surface area contributed by atoms with Crippen molar-refractivity contribution in [2.75, 3.05) is 13.6 Å². The smallest absolute Gasteiger partial charge is 0.405 e. The largest absolute Gasteiger partial charge is 0.449 e. The highest BCUT2D eigenvalue weighted by Gasteiger charge is 2.30. The summed E-state index contributed by atoms with van der Waals surface area (Å²) in [6.45, 7) is -0.645. The predicted octanol–water partition coefficient (Wildman–Crippen LogP) is 0.958. The van der Waals surface area contributed by atoms with Crippen LogP contribution in [0.3, 0.4) is 0 Å². The minimum Gasteiger partial charge on any atom is -0.449 e. The molecule has 1 amide bonds. The third-order valence-corrected chi connectivity index (χ3v) is 4.26. The Balaban J connectivity index is 2.90. The molecule has 0 saturated heterocycles. The van der Waals surface area contributed by atoms with Crippen molar-refractivity contribution in [2.24, 2.45) is 0 Å². The highest BCUT2D eigenvalue weighted by molar-refractivity contribution is 7.89. The van der Waals surface area contributed by atoms with Crippen LogP contribution in [-0.2, 0) is 19.6 Å². The number of carbonyl (C=O) groups excluding carboxylic acids is 2. The average Bonchev–Trinajstić information content (AvgIpc) is 2.51. The highest BCUT2D eigenvalue weighted by atomic mass is 32.2. The molecule has 140 valence electrons. The van der Waals surface area contributed by atoms with Crippen LogP contribution in [0.1, 0.15) is 17.3 Å². The quantitative estimate of drug-likeness (QED) is 0.560. The van der Waals surface area contributed by atoms with Crippen LogP contribution in [0.4, 0.5) is 17.6 Å². The lowest BCUT2D eigenvalue weighted by Crippen LogP contribution is -2.40. The van der Waals surface area contributed by atoms with Gasteiger partial charge in [-0.25, -0.2) is 22.3 Å². The molecule has 25 heavy (non-hydrogen) atoms. The zero-order chi connectivity index (χ0) is 19.4. The van der Waals surface area contributed by atoms with Crippen molar-refractivity contribution >= 4 is 21.9 Å². The molecule has 0 radical (unpaired) electrons. The third kappa shape index (κ3) is 5.98. The number of hydrogen-bond donors (Lipinski definition) is 2. The van der Waals surface area contributed by atoms with Gasteiger partial charge in [0.2, 0.25) is 10.0 Å². The molecule has 0 spiro atoms. The summed E-state index contributed by atoms with van der Waals surface area (Å²) in [6, 6.07) is 2.29. The fourth-order valence-corrected chi connectivity index (χ4v) is 2.31. The van der Waals surface area contributed by atoms with Crippen LogP contribution in [0.2, 0.25) is 0 Å². The van der Waals surface area contributed by atoms with Crippen LogP contribution >= 0.6 is 0 Å². The number of alkyl halides is 3. The maximum atomic E-state index is 13.7. The van der Waals surface area contributed by atoms with Gasteiger partial charge in [-0.2, -0.15) is 13.2 Å². The van der Waals surface area contributed by atoms with E-state index in [1.807, 2.05) is 4.72 Å². The molecular formula is C13H14F4N2O5S. The van der Waals surface area contributed by atoms with Crippen molar-refractivity contribution < 1.29 is 40.3 Å². The van der Waals surface area contributed by atoms with Gasteiger partial charge in [-0.15, -0.1) is 0 Å². The first-order valence-corrected chi connectivity index (χ1v) is 8.14. The summed E-state index contributed by atoms with van der Waals surface area (Å²) in [5.74, 6) is -3.77. The first kappa shape index (κ1) is 20.8. The standard InChI is InChI=1S/C13H14F4N2O5S/c1-7(11(20)19-6-13(15,16)17)24-12(21)9-5-8(3-4-10(9)14)25(22,23)18-2/h3-5,7,18H,6H2,1-2H3,(H,19,20). The van der Waals surface area contributed by atoms with Crippen molar-refractivity contribution in [2.45, 2.75) is 24.1 Å². The molecule has 1 atom stereocenters. The Kier molecular flexibility index (Phi) is 6.48. The Bertz CT molecular complexity index is 764. The van der Waals surface area contributed by atoms with Crippen molar-refractivity contribution in [3.63, 3.8) is 0 Å². The first-order valence-electron chi connectivity index (χ1n) is 6.66. The second-order valence-corrected chi connectivity index (χ2v) is 6.62. The normalized spacial score (nSPS) is 13.2. The van der Waals surface area contributed by atoms with Gasteiger partial charge in [0, 0.05) is 0 Å². The van der Waals surface area contributed by atoms with Gasteiger partial charge in [0.15, 0.2) is 6.10 Å². The maximum Gasteiger partial charge on any atom is 0.405 e. The molecule has 0 aliphatic rings. The summed E-state index contributed by atoms with van der Waals surface area (Å²) < 4.78 is 79.6. The van der Waals surface area contributed by atoms with Gasteiger partial charge in [-0.05, 0) is 32.2 Å². The van der Waals surface area contributed by atoms with Crippen molar-refractivity contribution in [3.8, 4) is 0 Å². The van der Waals surface area contributed by atoms with Crippen LogP contribution in [0.15, 0.2) is 23.1 Å². The van der Waals surface area contributed by atoms with Crippen LogP contribution in [0.5, 0.6) is 0 Å². The Morgan fingerprint density at radius 1 is 1.28 bits per heavy atom. The second kappa shape index (κ2) is 7.78. The molecule has 0 aliphatic heterocycles. The maximum absolute atomic E-state index is 13.7. The molecule has 0 saturated carbocycles. The molecule has 0 fully saturated rings. The summed E-state index contributed by atoms with van der Waals surface area (Å²) in [4.78, 5) is 22.9. The minimum absolute atomic E-state index is 0.433. The Hall–Kier alpha value is -2.21. The molecule has 7 nitrogen and oxygen atoms in total. The van der Waals surface area contributed by atoms with E-state index in [4.69, 9.17) is 0 Å². The van der Waals surface area contributed by atoms with Crippen molar-refractivity contribution in [1.82, 2.24) is 10.0 Å². The number of carbonyl (C=O) groups is 2. The number of rotatable bonds is 6. The van der Waals surface area contributed by atoms with E-state index in [1.165, 1.54) is 5.32 Å². The lowest BCUT2D eigenvalue weighted by Gasteiger charge is -2.15. The van der Waals surface area contributed by atoms with Crippen LogP contribution < -0.4 is 10.0 Å². The van der Waals surface area contributed by atoms with Gasteiger partial charge >= 0.3 is 12.1 Å². The number of benzene rings is 1. The summed E-state index contributed by atoms with van der Waals surface area (Å²) in [5, 5.41) is 1.50. The number of sulfonamides is 1. The summed E-state index contributed by atoms with van der Waals surface area (Å²) in [7, 11) is -2.87. The van der Waals surface area contributed by atoms with E-state index in [0.717, 1.165) is 20.0 Å². The van der Waals surface area contributed by atoms with Gasteiger partial charge in [0.25, 0.3) is 5.91 Å². The fraction of sp³-hybridized carbons (Fsp3) is 0.385. The van der Waals surface area contributed by atoms with Crippen LogP contribution in [0, 0.1) is 5.82 Å². The number of nitrogens with one attached hydrogen (secondary N) is 2. The SMILES string of the molecule is CNS(=O)(=O)c1ccc(F)c(C(=O)OC(C)C(=O)NCC(F)(F)F)c1. The predicted molar refractivity (Wildman–Crippen MR) is 76.6 cm³/mol. The molecule has 12 heteroatoms. The van der Waals surface area contributed by atoms with Gasteiger partial charge in [-0.1, -0.05) is 0 Å². The fourth-order valence-electron chi connectivity index (χ4n) is 1.55. The van der Waals surface area contributed by atoms with E-state index in [1.54, 1.807) is 0 Å². The average molecular weight is 386 g/mol. The zero-order valence-corrected chi connectivity index (χ0v) is 13.8. The van der Waals surface area contributed by atoms with E-state index in [0.29, 0.717) is 12.1 Å². The first-order chi connectivity index (χ1) is 11.4. The van der Waals surface area contributed by atoms with Gasteiger partial charge < -0.3 is 10.1 Å². The van der Waals surface area contributed by atoms with E-state index < -0.39 is 57.0 Å². The third-order valence-electron chi connectivity index (χ3n) is 2.85. The molecule has 1 rings (SSSR count). The summed E-state index contributed by atoms with van der Waals surface area (Å²) in [5.41, 5.74) is -0.785. The second-order valence-electron chi connectivity index (χ2n) is 4.73. The summed E-state index contributed by atoms with van der Waals surface area (Å²) >= 11 is 0. The molecule has 2 N–H and O–H groups in total. The molecule has 1 aromatic carbocycles. The van der Waals surface area contributed by atoms with Gasteiger partial charge in [0.1, 0.15) is 12.4 Å². The molecule has 0 heterocycles. The number of amides is 1. The van der Waals surface area contributed by atoms with E-state index in [9.17, 15) is 35.6 Å². The molecule has 0 bridgehead atoms. The Labute approximate surface area is 140 Å². The van der Waals surface area contributed by atoms with Gasteiger partial charge in [0.05, 0.1) is 10.5 Å². The number of ether oxygens (including phenoxy) is 1. The van der Waals surface area contributed by atoms with Crippen LogP contribution in [-0.4, -0.2) is 46.2 Å². The van der Waals surface area contributed by atoms with E-state index >= 15 is 0 Å². The highest BCUT2D eigenvalue weighted by Crippen LogP contribution is 2.17. The lowest BCUT2D eigenvalue weighted by molar-refractivity contribution is -0.143. The molecular weight excluding hydrogens is 372 g/mol. The zero-order valence-electron chi connectivity index (χ0n) is 13.0. The minimum atomic E-state index is -4.65. The molecule has 0 aromatic heterocycles. The number of halogens is 4.